The normalized spacial score (nSPS) is 14.9. The first-order valence-corrected chi connectivity index (χ1v) is 5.82. The second-order valence-corrected chi connectivity index (χ2v) is 4.58. The van der Waals surface area contributed by atoms with E-state index < -0.39 is 0 Å². The first kappa shape index (κ1) is 11.9. The van der Waals surface area contributed by atoms with E-state index in [1.165, 1.54) is 0 Å². The zero-order valence-corrected chi connectivity index (χ0v) is 10.8. The monoisotopic (exact) mass is 233 g/mol. The Morgan fingerprint density at radius 3 is 2.41 bits per heavy atom. The molecule has 2 N–H and O–H groups in total. The summed E-state index contributed by atoms with van der Waals surface area (Å²) in [4.78, 5) is 4.32. The van der Waals surface area contributed by atoms with E-state index in [-0.39, 0.29) is 12.1 Å². The summed E-state index contributed by atoms with van der Waals surface area (Å²) < 4.78 is 7.78. The highest BCUT2D eigenvalue weighted by molar-refractivity contribution is 5.18. The number of hydrogen-bond donors (Lipinski definition) is 1. The summed E-state index contributed by atoms with van der Waals surface area (Å²) in [6.07, 6.45) is 1.83. The van der Waals surface area contributed by atoms with Crippen molar-refractivity contribution in [2.75, 3.05) is 0 Å². The van der Waals surface area contributed by atoms with Gasteiger partial charge >= 0.3 is 0 Å². The van der Waals surface area contributed by atoms with Gasteiger partial charge in [0.2, 0.25) is 0 Å². The lowest BCUT2D eigenvalue weighted by molar-refractivity contribution is 0.377. The molecule has 17 heavy (non-hydrogen) atoms. The van der Waals surface area contributed by atoms with Gasteiger partial charge in [-0.05, 0) is 39.8 Å². The van der Waals surface area contributed by atoms with Crippen molar-refractivity contribution in [2.24, 2.45) is 5.73 Å². The van der Waals surface area contributed by atoms with Gasteiger partial charge in [0.15, 0.2) is 0 Å². The van der Waals surface area contributed by atoms with Crippen LogP contribution in [-0.2, 0) is 0 Å². The van der Waals surface area contributed by atoms with Crippen molar-refractivity contribution in [3.05, 3.63) is 41.4 Å². The first-order chi connectivity index (χ1) is 8.00. The quantitative estimate of drug-likeness (QED) is 0.885. The van der Waals surface area contributed by atoms with Crippen LogP contribution in [0.5, 0.6) is 0 Å². The lowest BCUT2D eigenvalue weighted by Crippen LogP contribution is -2.30. The molecule has 0 aliphatic carbocycles. The van der Waals surface area contributed by atoms with Crippen LogP contribution in [0.15, 0.2) is 22.9 Å². The van der Waals surface area contributed by atoms with Gasteiger partial charge in [-0.3, -0.25) is 0 Å². The molecular formula is C13H19N3O. The second kappa shape index (κ2) is 4.37. The maximum atomic E-state index is 6.08. The van der Waals surface area contributed by atoms with E-state index in [0.29, 0.717) is 0 Å². The molecule has 0 radical (unpaired) electrons. The predicted octanol–water partition coefficient (Wildman–Crippen LogP) is 2.34. The van der Waals surface area contributed by atoms with E-state index in [1.807, 2.05) is 46.2 Å². The lowest BCUT2D eigenvalue weighted by atomic mass is 10.1. The highest BCUT2D eigenvalue weighted by Gasteiger charge is 2.23. The fraction of sp³-hybridized carbons (Fsp3) is 0.462. The van der Waals surface area contributed by atoms with E-state index in [4.69, 9.17) is 10.2 Å². The summed E-state index contributed by atoms with van der Waals surface area (Å²) in [5.74, 6) is 1.79. The minimum atomic E-state index is -0.0344. The molecule has 92 valence electrons. The average Bonchev–Trinajstić information content (AvgIpc) is 2.80. The third-order valence-corrected chi connectivity index (χ3v) is 3.14. The van der Waals surface area contributed by atoms with Gasteiger partial charge in [-0.1, -0.05) is 0 Å². The predicted molar refractivity (Wildman–Crippen MR) is 66.9 cm³/mol. The number of hydrogen-bond acceptors (Lipinski definition) is 3. The van der Waals surface area contributed by atoms with Gasteiger partial charge in [-0.25, -0.2) is 4.98 Å². The Hall–Kier alpha value is -1.55. The molecule has 2 atom stereocenters. The zero-order chi connectivity index (χ0) is 12.6. The van der Waals surface area contributed by atoms with Crippen molar-refractivity contribution in [3.8, 4) is 0 Å². The van der Waals surface area contributed by atoms with Crippen molar-refractivity contribution < 1.29 is 4.42 Å². The van der Waals surface area contributed by atoms with E-state index in [9.17, 15) is 0 Å². The molecule has 0 fully saturated rings. The second-order valence-electron chi connectivity index (χ2n) is 4.58. The lowest BCUT2D eigenvalue weighted by Gasteiger charge is -2.21. The van der Waals surface area contributed by atoms with Gasteiger partial charge in [0.25, 0.3) is 0 Å². The van der Waals surface area contributed by atoms with E-state index in [0.717, 1.165) is 22.9 Å². The molecule has 2 heterocycles. The first-order valence-electron chi connectivity index (χ1n) is 5.82. The van der Waals surface area contributed by atoms with Gasteiger partial charge in [0.1, 0.15) is 17.6 Å². The Kier molecular flexibility index (Phi) is 3.07. The van der Waals surface area contributed by atoms with Crippen LogP contribution in [0, 0.1) is 20.8 Å². The Labute approximate surface area is 101 Å². The third kappa shape index (κ3) is 2.13. The largest absolute Gasteiger partial charge is 0.464 e. The van der Waals surface area contributed by atoms with Gasteiger partial charge in [0.05, 0.1) is 12.0 Å². The van der Waals surface area contributed by atoms with E-state index in [2.05, 4.69) is 9.55 Å². The summed E-state index contributed by atoms with van der Waals surface area (Å²) in [6.45, 7) is 7.97. The van der Waals surface area contributed by atoms with Crippen LogP contribution in [0.2, 0.25) is 0 Å². The van der Waals surface area contributed by atoms with Gasteiger partial charge in [-0.15, -0.1) is 0 Å². The minimum absolute atomic E-state index is 0.00454. The number of imidazole rings is 1. The van der Waals surface area contributed by atoms with E-state index >= 15 is 0 Å². The summed E-state index contributed by atoms with van der Waals surface area (Å²) in [6, 6.07) is 3.92. The Bertz CT molecular complexity index is 510. The van der Waals surface area contributed by atoms with Crippen molar-refractivity contribution in [2.45, 2.75) is 39.8 Å². The molecule has 0 saturated heterocycles. The Morgan fingerprint density at radius 2 is 2.00 bits per heavy atom. The molecule has 0 aliphatic heterocycles. The number of nitrogens with two attached hydrogens (primary N) is 1. The Morgan fingerprint density at radius 1 is 1.29 bits per heavy atom. The van der Waals surface area contributed by atoms with Crippen molar-refractivity contribution in [1.82, 2.24) is 9.55 Å². The Balaban J connectivity index is 2.46. The highest BCUT2D eigenvalue weighted by atomic mass is 16.3. The van der Waals surface area contributed by atoms with Crippen molar-refractivity contribution in [3.63, 3.8) is 0 Å². The molecule has 0 saturated carbocycles. The van der Waals surface area contributed by atoms with Crippen LogP contribution in [0.25, 0.3) is 0 Å². The maximum absolute atomic E-state index is 6.08. The molecule has 4 nitrogen and oxygen atoms in total. The fourth-order valence-corrected chi connectivity index (χ4v) is 2.06. The summed E-state index contributed by atoms with van der Waals surface area (Å²) in [7, 11) is 0. The summed E-state index contributed by atoms with van der Waals surface area (Å²) >= 11 is 0. The summed E-state index contributed by atoms with van der Waals surface area (Å²) in [5.41, 5.74) is 8.23. The molecule has 2 aromatic heterocycles. The minimum Gasteiger partial charge on any atom is -0.464 e. The molecule has 2 unspecified atom stereocenters. The molecule has 2 rings (SSSR count). The molecule has 4 heteroatoms. The summed E-state index contributed by atoms with van der Waals surface area (Å²) in [5, 5.41) is 0. The smallest absolute Gasteiger partial charge is 0.128 e. The third-order valence-electron chi connectivity index (χ3n) is 3.14. The van der Waals surface area contributed by atoms with Gasteiger partial charge in [-0.2, -0.15) is 0 Å². The topological polar surface area (TPSA) is 57.0 Å². The maximum Gasteiger partial charge on any atom is 0.128 e. The van der Waals surface area contributed by atoms with Crippen LogP contribution in [0.3, 0.4) is 0 Å². The molecule has 0 aliphatic rings. The number of rotatable bonds is 3. The molecule has 0 spiro atoms. The number of aromatic nitrogens is 2. The molecule has 2 aromatic rings. The van der Waals surface area contributed by atoms with Gasteiger partial charge < -0.3 is 14.7 Å². The van der Waals surface area contributed by atoms with Crippen LogP contribution >= 0.6 is 0 Å². The highest BCUT2D eigenvalue weighted by Crippen LogP contribution is 2.25. The zero-order valence-electron chi connectivity index (χ0n) is 10.8. The van der Waals surface area contributed by atoms with Crippen LogP contribution in [0.1, 0.15) is 35.9 Å². The molecule has 0 aromatic carbocycles. The van der Waals surface area contributed by atoms with E-state index in [1.54, 1.807) is 0 Å². The van der Waals surface area contributed by atoms with Crippen LogP contribution < -0.4 is 5.73 Å². The number of furan rings is 1. The fourth-order valence-electron chi connectivity index (χ4n) is 2.06. The standard InChI is InChI=1S/C13H19N3O/c1-8-5-6-12(17-8)13(9(2)14)16-7-15-10(3)11(16)4/h5-7,9,13H,14H2,1-4H3. The molecular weight excluding hydrogens is 214 g/mol. The number of nitrogens with zero attached hydrogens (tertiary/aromatic N) is 2. The van der Waals surface area contributed by atoms with Crippen molar-refractivity contribution in [1.29, 1.82) is 0 Å². The average molecular weight is 233 g/mol. The van der Waals surface area contributed by atoms with Crippen LogP contribution in [-0.4, -0.2) is 15.6 Å². The number of aryl methyl sites for hydroxylation is 2. The SMILES string of the molecule is Cc1ccc(C(C(C)N)n2cnc(C)c2C)o1. The molecule has 0 bridgehead atoms. The van der Waals surface area contributed by atoms with Crippen LogP contribution in [0.4, 0.5) is 0 Å². The van der Waals surface area contributed by atoms with Crippen molar-refractivity contribution >= 4 is 0 Å². The molecule has 0 amide bonds. The van der Waals surface area contributed by atoms with Gasteiger partial charge in [0, 0.05) is 11.7 Å².